The summed E-state index contributed by atoms with van der Waals surface area (Å²) in [4.78, 5) is 23.7. The van der Waals surface area contributed by atoms with Gasteiger partial charge >= 0.3 is 12.2 Å². The van der Waals surface area contributed by atoms with Crippen molar-refractivity contribution in [3.63, 3.8) is 0 Å². The van der Waals surface area contributed by atoms with Gasteiger partial charge in [-0.2, -0.15) is 13.2 Å². The Morgan fingerprint density at radius 3 is 2.68 bits per heavy atom. The van der Waals surface area contributed by atoms with Gasteiger partial charge in [0.25, 0.3) is 5.89 Å². The molecule has 0 amide bonds. The number of ether oxygens (including phenoxy) is 1. The first-order valence-electron chi connectivity index (χ1n) is 13.0. The first-order valence-corrected chi connectivity index (χ1v) is 13.8. The van der Waals surface area contributed by atoms with Crippen LogP contribution in [0, 0.1) is 0 Å². The molecule has 0 saturated carbocycles. The normalized spacial score (nSPS) is 19.2. The van der Waals surface area contributed by atoms with Gasteiger partial charge in [-0.25, -0.2) is 4.98 Å². The molecule has 2 aliphatic heterocycles. The van der Waals surface area contributed by atoms with Crippen LogP contribution in [0.1, 0.15) is 34.5 Å². The van der Waals surface area contributed by atoms with Crippen LogP contribution < -0.4 is 10.2 Å². The average molecular weight is 583 g/mol. The summed E-state index contributed by atoms with van der Waals surface area (Å²) < 4.78 is 52.1. The molecule has 212 valence electrons. The first-order chi connectivity index (χ1) is 19.8. The average Bonchev–Trinajstić information content (AvgIpc) is 3.70. The number of ketones is 1. The lowest BCUT2D eigenvalue weighted by Crippen LogP contribution is -2.32. The largest absolute Gasteiger partial charge is 0.443 e. The second-order valence-corrected chi connectivity index (χ2v) is 10.7. The number of rotatable bonds is 7. The van der Waals surface area contributed by atoms with Gasteiger partial charge in [0.2, 0.25) is 5.01 Å². The Balaban J connectivity index is 1.34. The van der Waals surface area contributed by atoms with Gasteiger partial charge in [0, 0.05) is 31.2 Å². The number of thiazole rings is 1. The summed E-state index contributed by atoms with van der Waals surface area (Å²) in [6, 6.07) is 16.8. The lowest BCUT2D eigenvalue weighted by molar-refractivity contribution is -0.137. The van der Waals surface area contributed by atoms with Crippen molar-refractivity contribution in [3.8, 4) is 11.6 Å². The molecule has 0 radical (unpaired) electrons. The summed E-state index contributed by atoms with van der Waals surface area (Å²) in [5, 5.41) is 10.2. The lowest BCUT2D eigenvalue weighted by atomic mass is 9.96. The number of nitrogens with zero attached hydrogens (tertiary/aromatic N) is 5. The van der Waals surface area contributed by atoms with E-state index in [4.69, 9.17) is 14.1 Å². The van der Waals surface area contributed by atoms with E-state index < -0.39 is 17.3 Å². The molecule has 6 rings (SSSR count). The number of aromatic nitrogens is 3. The topological polar surface area (TPSA) is 106 Å². The fourth-order valence-corrected chi connectivity index (χ4v) is 6.15. The van der Waals surface area contributed by atoms with E-state index in [0.29, 0.717) is 30.2 Å². The van der Waals surface area contributed by atoms with E-state index in [2.05, 4.69) is 20.5 Å². The van der Waals surface area contributed by atoms with E-state index in [9.17, 15) is 18.0 Å². The standard InChI is InChI=1S/C28H25F3N6O3S/c1-39-15-18-11-7-13-37(18)25-22(33-26(41-25)28(29,30)31)24-35-36-27(40-24)34-23-20(38)14-17-10-5-6-12-19(17)21(32-23)16-8-3-2-4-9-16/h2-6,8-10,12,18,23H,7,11,13-15H2,1H3,(H,34,36)/t18-,23-/m1/s1. The molecule has 41 heavy (non-hydrogen) atoms. The predicted octanol–water partition coefficient (Wildman–Crippen LogP) is 5.23. The maximum Gasteiger partial charge on any atom is 0.443 e. The number of Topliss-reactive ketones (excluding diaryl/α,β-unsaturated/α-hetero) is 1. The molecule has 13 heteroatoms. The number of hydrogen-bond donors (Lipinski definition) is 1. The van der Waals surface area contributed by atoms with Crippen LogP contribution in [0.25, 0.3) is 11.6 Å². The van der Waals surface area contributed by atoms with Crippen LogP contribution in [0.4, 0.5) is 24.2 Å². The summed E-state index contributed by atoms with van der Waals surface area (Å²) in [5.74, 6) is -0.412. The predicted molar refractivity (Wildman–Crippen MR) is 147 cm³/mol. The van der Waals surface area contributed by atoms with E-state index >= 15 is 0 Å². The minimum atomic E-state index is -4.64. The maximum atomic E-state index is 13.7. The number of nitrogens with one attached hydrogen (secondary N) is 1. The van der Waals surface area contributed by atoms with Crippen LogP contribution >= 0.6 is 11.3 Å². The van der Waals surface area contributed by atoms with Crippen molar-refractivity contribution in [1.29, 1.82) is 0 Å². The molecule has 4 heterocycles. The highest BCUT2D eigenvalue weighted by Gasteiger charge is 2.40. The fourth-order valence-electron chi connectivity index (χ4n) is 5.13. The zero-order valence-corrected chi connectivity index (χ0v) is 22.7. The number of methoxy groups -OCH3 is 1. The van der Waals surface area contributed by atoms with Gasteiger partial charge in [-0.15, -0.1) is 5.10 Å². The minimum absolute atomic E-state index is 0.0565. The van der Waals surface area contributed by atoms with Crippen molar-refractivity contribution in [2.75, 3.05) is 30.5 Å². The van der Waals surface area contributed by atoms with Gasteiger partial charge in [0.1, 0.15) is 5.00 Å². The van der Waals surface area contributed by atoms with Crippen LogP contribution in [-0.2, 0) is 22.1 Å². The van der Waals surface area contributed by atoms with Crippen LogP contribution in [-0.4, -0.2) is 59.1 Å². The van der Waals surface area contributed by atoms with Gasteiger partial charge in [-0.1, -0.05) is 71.0 Å². The number of hydrogen-bond acceptors (Lipinski definition) is 10. The van der Waals surface area contributed by atoms with E-state index in [1.165, 1.54) is 0 Å². The van der Waals surface area contributed by atoms with Crippen molar-refractivity contribution in [1.82, 2.24) is 15.2 Å². The van der Waals surface area contributed by atoms with Crippen LogP contribution in [0.15, 0.2) is 64.0 Å². The summed E-state index contributed by atoms with van der Waals surface area (Å²) in [6.07, 6.45) is -4.00. The van der Waals surface area contributed by atoms with Gasteiger partial charge in [0.05, 0.1) is 18.4 Å². The number of anilines is 2. The molecule has 0 bridgehead atoms. The SMILES string of the molecule is COC[C@H]1CCCN1c1sc(C(F)(F)F)nc1-c1nnc(N[C@H]2N=C(c3ccccc3)c3ccccc3CC2=O)o1. The third-order valence-electron chi connectivity index (χ3n) is 6.98. The van der Waals surface area contributed by atoms with E-state index in [0.717, 1.165) is 29.5 Å². The van der Waals surface area contributed by atoms with Crippen LogP contribution in [0.5, 0.6) is 0 Å². The minimum Gasteiger partial charge on any atom is -0.402 e. The highest BCUT2D eigenvalue weighted by Crippen LogP contribution is 2.44. The maximum absolute atomic E-state index is 13.7. The van der Waals surface area contributed by atoms with Crippen molar-refractivity contribution < 1.29 is 27.1 Å². The van der Waals surface area contributed by atoms with E-state index in [-0.39, 0.29) is 40.8 Å². The van der Waals surface area contributed by atoms with Gasteiger partial charge < -0.3 is 19.4 Å². The molecule has 1 fully saturated rings. The molecule has 1 N–H and O–H groups in total. The van der Waals surface area contributed by atoms with E-state index in [1.54, 1.807) is 7.11 Å². The Bertz CT molecular complexity index is 1590. The number of fused-ring (bicyclic) bond motifs is 1. The van der Waals surface area contributed by atoms with Crippen molar-refractivity contribution in [3.05, 3.63) is 76.3 Å². The third-order valence-corrected chi connectivity index (χ3v) is 8.12. The summed E-state index contributed by atoms with van der Waals surface area (Å²) >= 11 is 0.537. The molecular formula is C28H25F3N6O3S. The van der Waals surface area contributed by atoms with Gasteiger partial charge in [0.15, 0.2) is 17.6 Å². The number of carbonyl (C=O) groups is 1. The van der Waals surface area contributed by atoms with Crippen molar-refractivity contribution >= 4 is 33.8 Å². The summed E-state index contributed by atoms with van der Waals surface area (Å²) in [7, 11) is 1.56. The molecule has 2 aromatic heterocycles. The number of benzene rings is 2. The highest BCUT2D eigenvalue weighted by molar-refractivity contribution is 7.16. The molecule has 2 aromatic carbocycles. The van der Waals surface area contributed by atoms with E-state index in [1.807, 2.05) is 59.5 Å². The molecule has 1 saturated heterocycles. The van der Waals surface area contributed by atoms with Crippen LogP contribution in [0.2, 0.25) is 0 Å². The quantitative estimate of drug-likeness (QED) is 0.316. The Morgan fingerprint density at radius 1 is 1.12 bits per heavy atom. The summed E-state index contributed by atoms with van der Waals surface area (Å²) in [5.41, 5.74) is 3.07. The third kappa shape index (κ3) is 5.46. The number of aliphatic imine (C=N–C) groups is 1. The number of halogens is 3. The smallest absolute Gasteiger partial charge is 0.402 e. The Hall–Kier alpha value is -4.10. The van der Waals surface area contributed by atoms with Crippen molar-refractivity contribution in [2.24, 2.45) is 4.99 Å². The molecule has 2 aliphatic rings. The van der Waals surface area contributed by atoms with Gasteiger partial charge in [-0.3, -0.25) is 9.79 Å². The van der Waals surface area contributed by atoms with Crippen molar-refractivity contribution in [2.45, 2.75) is 37.6 Å². The molecule has 0 spiro atoms. The second-order valence-electron chi connectivity index (χ2n) is 9.72. The Morgan fingerprint density at radius 2 is 1.90 bits per heavy atom. The Kier molecular flexibility index (Phi) is 7.30. The molecule has 0 unspecified atom stereocenters. The van der Waals surface area contributed by atoms with Gasteiger partial charge in [-0.05, 0) is 18.4 Å². The molecule has 0 aliphatic carbocycles. The fraction of sp³-hybridized carbons (Fsp3) is 0.321. The molecular weight excluding hydrogens is 557 g/mol. The highest BCUT2D eigenvalue weighted by atomic mass is 32.1. The zero-order chi connectivity index (χ0) is 28.6. The lowest BCUT2D eigenvalue weighted by Gasteiger charge is -2.24. The Labute approximate surface area is 237 Å². The van der Waals surface area contributed by atoms with Crippen LogP contribution in [0.3, 0.4) is 0 Å². The number of alkyl halides is 3. The zero-order valence-electron chi connectivity index (χ0n) is 21.9. The first kappa shape index (κ1) is 27.1. The molecule has 2 atom stereocenters. The molecule has 4 aromatic rings. The monoisotopic (exact) mass is 582 g/mol. The number of carbonyl (C=O) groups excluding carboxylic acids is 1. The molecule has 9 nitrogen and oxygen atoms in total. The second kappa shape index (κ2) is 11.1. The summed E-state index contributed by atoms with van der Waals surface area (Å²) in [6.45, 7) is 0.914.